The number of sulfonamides is 1. The molecule has 1 rings (SSSR count). The van der Waals surface area contributed by atoms with E-state index < -0.39 is 36.1 Å². The van der Waals surface area contributed by atoms with E-state index in [2.05, 4.69) is 5.32 Å². The highest BCUT2D eigenvalue weighted by Crippen LogP contribution is 2.35. The minimum atomic E-state index is -4.35. The molecule has 20 heavy (non-hydrogen) atoms. The zero-order valence-electron chi connectivity index (χ0n) is 10.4. The summed E-state index contributed by atoms with van der Waals surface area (Å²) in [7, 11) is -4.35. The average molecular weight is 304 g/mol. The molecule has 0 radical (unpaired) electrons. The number of nitrogens with two attached hydrogens (primary N) is 1. The molecular weight excluding hydrogens is 292 g/mol. The third kappa shape index (κ3) is 3.39. The molecule has 3 N–H and O–H groups in total. The van der Waals surface area contributed by atoms with E-state index in [1.807, 2.05) is 0 Å². The second-order valence-electron chi connectivity index (χ2n) is 3.82. The van der Waals surface area contributed by atoms with E-state index in [0.717, 1.165) is 0 Å². The van der Waals surface area contributed by atoms with Crippen LogP contribution in [0.1, 0.15) is 13.3 Å². The predicted octanol–water partition coefficient (Wildman–Crippen LogP) is 0.972. The van der Waals surface area contributed by atoms with Crippen molar-refractivity contribution in [2.75, 3.05) is 11.9 Å². The SMILES string of the molecule is CCCNc1c([N+](=O)[O-])cc([N+](=O)[O-])cc1S(N)(=O)=O. The molecule has 0 aliphatic rings. The van der Waals surface area contributed by atoms with Gasteiger partial charge in [-0.1, -0.05) is 6.92 Å². The van der Waals surface area contributed by atoms with E-state index in [9.17, 15) is 28.6 Å². The van der Waals surface area contributed by atoms with Gasteiger partial charge >= 0.3 is 5.69 Å². The Kier molecular flexibility index (Phi) is 4.57. The van der Waals surface area contributed by atoms with Crippen molar-refractivity contribution in [3.05, 3.63) is 32.4 Å². The number of hydrogen-bond donors (Lipinski definition) is 2. The molecule has 0 bridgehead atoms. The summed E-state index contributed by atoms with van der Waals surface area (Å²) in [6.45, 7) is 2.02. The first-order valence-electron chi connectivity index (χ1n) is 5.42. The van der Waals surface area contributed by atoms with Crippen molar-refractivity contribution >= 4 is 27.1 Å². The standard InChI is InChI=1S/C9H12N4O6S/c1-2-3-11-9-7(13(16)17)4-6(12(14)15)5-8(9)20(10,18)19/h4-5,11H,2-3H2,1H3,(H2,10,18,19). The second-order valence-corrected chi connectivity index (χ2v) is 5.35. The predicted molar refractivity (Wildman–Crippen MR) is 69.9 cm³/mol. The summed E-state index contributed by atoms with van der Waals surface area (Å²) in [6, 6.07) is 1.38. The quantitative estimate of drug-likeness (QED) is 0.585. The fourth-order valence-electron chi connectivity index (χ4n) is 1.49. The second kappa shape index (κ2) is 5.79. The smallest absolute Gasteiger partial charge is 0.300 e. The Hall–Kier alpha value is -2.27. The largest absolute Gasteiger partial charge is 0.378 e. The molecule has 0 spiro atoms. The van der Waals surface area contributed by atoms with Crippen LogP contribution in [-0.2, 0) is 10.0 Å². The molecule has 0 atom stereocenters. The van der Waals surface area contributed by atoms with Crippen LogP contribution < -0.4 is 10.5 Å². The number of nitro groups is 2. The molecule has 0 saturated heterocycles. The molecule has 0 saturated carbocycles. The van der Waals surface area contributed by atoms with Crippen LogP contribution in [0, 0.1) is 20.2 Å². The first-order valence-corrected chi connectivity index (χ1v) is 6.96. The van der Waals surface area contributed by atoms with Crippen LogP contribution in [0.3, 0.4) is 0 Å². The molecule has 10 nitrogen and oxygen atoms in total. The molecule has 0 amide bonds. The van der Waals surface area contributed by atoms with E-state index in [4.69, 9.17) is 5.14 Å². The lowest BCUT2D eigenvalue weighted by atomic mass is 10.2. The third-order valence-corrected chi connectivity index (χ3v) is 3.27. The number of nitro benzene ring substituents is 2. The van der Waals surface area contributed by atoms with Crippen LogP contribution in [-0.4, -0.2) is 24.8 Å². The van der Waals surface area contributed by atoms with Gasteiger partial charge in [0.25, 0.3) is 5.69 Å². The van der Waals surface area contributed by atoms with Crippen molar-refractivity contribution in [1.29, 1.82) is 0 Å². The van der Waals surface area contributed by atoms with Crippen LogP contribution in [0.5, 0.6) is 0 Å². The number of nitrogens with zero attached hydrogens (tertiary/aromatic N) is 2. The Balaban J connectivity index is 3.67. The van der Waals surface area contributed by atoms with Gasteiger partial charge in [0.1, 0.15) is 10.6 Å². The molecule has 0 fully saturated rings. The maximum atomic E-state index is 11.5. The number of primary sulfonamides is 1. The number of non-ortho nitro benzene ring substituents is 1. The van der Waals surface area contributed by atoms with Gasteiger partial charge in [-0.3, -0.25) is 20.2 Å². The van der Waals surface area contributed by atoms with Gasteiger partial charge in [-0.2, -0.15) is 0 Å². The van der Waals surface area contributed by atoms with E-state index in [1.54, 1.807) is 6.92 Å². The maximum absolute atomic E-state index is 11.5. The fraction of sp³-hybridized carbons (Fsp3) is 0.333. The Bertz CT molecular complexity index is 657. The molecule has 0 aromatic heterocycles. The van der Waals surface area contributed by atoms with Crippen molar-refractivity contribution in [3.8, 4) is 0 Å². The summed E-state index contributed by atoms with van der Waals surface area (Å²) >= 11 is 0. The lowest BCUT2D eigenvalue weighted by Gasteiger charge is -2.10. The zero-order chi connectivity index (χ0) is 15.5. The molecule has 11 heteroatoms. The highest BCUT2D eigenvalue weighted by Gasteiger charge is 2.28. The van der Waals surface area contributed by atoms with E-state index >= 15 is 0 Å². The Morgan fingerprint density at radius 1 is 1.25 bits per heavy atom. The topological polar surface area (TPSA) is 158 Å². The van der Waals surface area contributed by atoms with Crippen LogP contribution in [0.25, 0.3) is 0 Å². The molecule has 110 valence electrons. The van der Waals surface area contributed by atoms with Crippen LogP contribution in [0.15, 0.2) is 17.0 Å². The van der Waals surface area contributed by atoms with E-state index in [0.29, 0.717) is 18.6 Å². The number of benzene rings is 1. The minimum absolute atomic E-state index is 0.251. The Morgan fingerprint density at radius 3 is 2.25 bits per heavy atom. The minimum Gasteiger partial charge on any atom is -0.378 e. The number of anilines is 1. The van der Waals surface area contributed by atoms with Gasteiger partial charge in [0, 0.05) is 12.6 Å². The van der Waals surface area contributed by atoms with Crippen LogP contribution in [0.2, 0.25) is 0 Å². The Morgan fingerprint density at radius 2 is 1.85 bits per heavy atom. The van der Waals surface area contributed by atoms with Crippen LogP contribution in [0.4, 0.5) is 17.1 Å². The van der Waals surface area contributed by atoms with Crippen molar-refractivity contribution in [2.24, 2.45) is 5.14 Å². The number of nitrogens with one attached hydrogen (secondary N) is 1. The molecule has 1 aromatic rings. The van der Waals surface area contributed by atoms with Gasteiger partial charge in [0.15, 0.2) is 0 Å². The summed E-state index contributed by atoms with van der Waals surface area (Å²) in [5.41, 5.74) is -1.77. The van der Waals surface area contributed by atoms with Crippen molar-refractivity contribution in [1.82, 2.24) is 0 Å². The summed E-state index contributed by atoms with van der Waals surface area (Å²) in [5, 5.41) is 29.2. The Labute approximate surface area is 113 Å². The lowest BCUT2D eigenvalue weighted by Crippen LogP contribution is -2.17. The number of rotatable bonds is 6. The summed E-state index contributed by atoms with van der Waals surface area (Å²) in [5.74, 6) is 0. The van der Waals surface area contributed by atoms with Crippen LogP contribution >= 0.6 is 0 Å². The number of hydrogen-bond acceptors (Lipinski definition) is 7. The lowest BCUT2D eigenvalue weighted by molar-refractivity contribution is -0.393. The average Bonchev–Trinajstić information content (AvgIpc) is 2.33. The summed E-state index contributed by atoms with van der Waals surface area (Å²) in [4.78, 5) is 19.2. The van der Waals surface area contributed by atoms with Crippen molar-refractivity contribution in [3.63, 3.8) is 0 Å². The molecule has 0 unspecified atom stereocenters. The van der Waals surface area contributed by atoms with Gasteiger partial charge in [0.2, 0.25) is 10.0 Å². The molecular formula is C9H12N4O6S. The fourth-order valence-corrected chi connectivity index (χ4v) is 2.23. The maximum Gasteiger partial charge on any atom is 0.300 e. The normalized spacial score (nSPS) is 11.1. The van der Waals surface area contributed by atoms with Gasteiger partial charge in [-0.15, -0.1) is 0 Å². The molecule has 1 aromatic carbocycles. The van der Waals surface area contributed by atoms with Crippen molar-refractivity contribution < 1.29 is 18.3 Å². The highest BCUT2D eigenvalue weighted by molar-refractivity contribution is 7.89. The van der Waals surface area contributed by atoms with Gasteiger partial charge in [-0.05, 0) is 6.42 Å². The van der Waals surface area contributed by atoms with E-state index in [-0.39, 0.29) is 12.2 Å². The third-order valence-electron chi connectivity index (χ3n) is 2.33. The van der Waals surface area contributed by atoms with E-state index in [1.165, 1.54) is 0 Å². The van der Waals surface area contributed by atoms with Crippen molar-refractivity contribution in [2.45, 2.75) is 18.2 Å². The first-order chi connectivity index (χ1) is 9.18. The first kappa shape index (κ1) is 15.8. The summed E-state index contributed by atoms with van der Waals surface area (Å²) < 4.78 is 22.9. The van der Waals surface area contributed by atoms with Gasteiger partial charge in [0.05, 0.1) is 15.9 Å². The van der Waals surface area contributed by atoms with Gasteiger partial charge < -0.3 is 5.32 Å². The molecule has 0 heterocycles. The highest BCUT2D eigenvalue weighted by atomic mass is 32.2. The monoisotopic (exact) mass is 304 g/mol. The molecule has 0 aliphatic heterocycles. The summed E-state index contributed by atoms with van der Waals surface area (Å²) in [6.07, 6.45) is 0.568. The molecule has 0 aliphatic carbocycles. The zero-order valence-corrected chi connectivity index (χ0v) is 11.2. The van der Waals surface area contributed by atoms with Gasteiger partial charge in [-0.25, -0.2) is 13.6 Å².